The first-order valence-corrected chi connectivity index (χ1v) is 9.66. The zero-order valence-corrected chi connectivity index (χ0v) is 16.4. The molecule has 0 saturated heterocycles. The topological polar surface area (TPSA) is 102 Å². The highest BCUT2D eigenvalue weighted by atomic mass is 32.2. The lowest BCUT2D eigenvalue weighted by Crippen LogP contribution is -2.34. The number of carbonyl (C=O) groups excluding carboxylic acids is 1. The van der Waals surface area contributed by atoms with E-state index in [0.717, 1.165) is 5.56 Å². The summed E-state index contributed by atoms with van der Waals surface area (Å²) in [6, 6.07) is 12.0. The molecule has 2 N–H and O–H groups in total. The van der Waals surface area contributed by atoms with Gasteiger partial charge in [-0.05, 0) is 52.0 Å². The highest BCUT2D eigenvalue weighted by Gasteiger charge is 2.20. The van der Waals surface area contributed by atoms with Gasteiger partial charge < -0.3 is 14.0 Å². The summed E-state index contributed by atoms with van der Waals surface area (Å²) < 4.78 is 34.7. The number of carbonyl (C=O) groups is 1. The van der Waals surface area contributed by atoms with Gasteiger partial charge in [-0.25, -0.2) is 4.79 Å². The maximum absolute atomic E-state index is 12.3. The summed E-state index contributed by atoms with van der Waals surface area (Å²) in [5.74, 6) is 0.0868. The predicted molar refractivity (Wildman–Crippen MR) is 99.8 cm³/mol. The molecule has 0 aromatic heterocycles. The number of hydrogen-bond donors (Lipinski definition) is 2. The van der Waals surface area contributed by atoms with Crippen LogP contribution in [0.4, 0.5) is 4.79 Å². The molecule has 0 aliphatic carbocycles. The molecular weight excluding hydrogens is 370 g/mol. The van der Waals surface area contributed by atoms with Gasteiger partial charge >= 0.3 is 16.2 Å². The fourth-order valence-corrected chi connectivity index (χ4v) is 3.02. The van der Waals surface area contributed by atoms with Crippen LogP contribution < -0.4 is 9.50 Å². The van der Waals surface area contributed by atoms with E-state index in [9.17, 15) is 18.3 Å². The van der Waals surface area contributed by atoms with E-state index in [1.807, 2.05) is 6.92 Å². The predicted octanol–water partition coefficient (Wildman–Crippen LogP) is 3.28. The Labute approximate surface area is 159 Å². The number of rotatable bonds is 5. The van der Waals surface area contributed by atoms with Crippen molar-refractivity contribution in [3.8, 4) is 5.75 Å². The van der Waals surface area contributed by atoms with Crippen LogP contribution in [0, 0.1) is 6.92 Å². The van der Waals surface area contributed by atoms with Crippen molar-refractivity contribution in [2.75, 3.05) is 0 Å². The molecule has 2 aromatic rings. The number of alkyl carbamates (subject to hydrolysis) is 1. The lowest BCUT2D eigenvalue weighted by atomic mass is 10.2. The molecule has 146 valence electrons. The van der Waals surface area contributed by atoms with Crippen LogP contribution in [0.1, 0.15) is 38.1 Å². The maximum atomic E-state index is 12.3. The lowest BCUT2D eigenvalue weighted by Gasteiger charge is -2.21. The lowest BCUT2D eigenvalue weighted by molar-refractivity contribution is 0.0355. The monoisotopic (exact) mass is 393 g/mol. The number of hydrogen-bond acceptors (Lipinski definition) is 6. The van der Waals surface area contributed by atoms with Gasteiger partial charge in [0.05, 0.1) is 0 Å². The minimum Gasteiger partial charge on any atom is -0.444 e. The maximum Gasteiger partial charge on any atom is 0.409 e. The van der Waals surface area contributed by atoms with Crippen molar-refractivity contribution in [2.24, 2.45) is 0 Å². The summed E-state index contributed by atoms with van der Waals surface area (Å²) >= 11 is 0. The first-order valence-electron chi connectivity index (χ1n) is 8.25. The smallest absolute Gasteiger partial charge is 0.409 e. The fraction of sp³-hybridized carbons (Fsp3) is 0.316. The zero-order valence-electron chi connectivity index (χ0n) is 15.6. The summed E-state index contributed by atoms with van der Waals surface area (Å²) in [5.41, 5.74) is 0.594. The Hall–Kier alpha value is -2.58. The molecule has 0 aliphatic rings. The first-order chi connectivity index (χ1) is 12.5. The van der Waals surface area contributed by atoms with E-state index in [0.29, 0.717) is 5.56 Å². The van der Waals surface area contributed by atoms with E-state index in [-0.39, 0.29) is 10.6 Å². The molecule has 8 heteroatoms. The van der Waals surface area contributed by atoms with Crippen LogP contribution >= 0.6 is 0 Å². The Morgan fingerprint density at radius 1 is 1.04 bits per heavy atom. The quantitative estimate of drug-likeness (QED) is 0.597. The number of aliphatic hydroxyl groups excluding tert-OH is 1. The Kier molecular flexibility index (Phi) is 6.12. The van der Waals surface area contributed by atoms with Gasteiger partial charge in [-0.3, -0.25) is 5.32 Å². The minimum absolute atomic E-state index is 0.0452. The second kappa shape index (κ2) is 7.98. The Balaban J connectivity index is 2.04. The van der Waals surface area contributed by atoms with Crippen molar-refractivity contribution in [3.05, 3.63) is 59.7 Å². The van der Waals surface area contributed by atoms with Crippen molar-refractivity contribution in [1.29, 1.82) is 0 Å². The van der Waals surface area contributed by atoms with Crippen LogP contribution in [-0.4, -0.2) is 25.2 Å². The summed E-state index contributed by atoms with van der Waals surface area (Å²) in [5, 5.41) is 12.3. The van der Waals surface area contributed by atoms with E-state index in [1.165, 1.54) is 36.4 Å². The van der Waals surface area contributed by atoms with E-state index in [4.69, 9.17) is 8.92 Å². The third kappa shape index (κ3) is 6.26. The average molecular weight is 393 g/mol. The third-order valence-corrected chi connectivity index (χ3v) is 4.63. The van der Waals surface area contributed by atoms with Crippen LogP contribution in [0.2, 0.25) is 0 Å². The second-order valence-electron chi connectivity index (χ2n) is 6.97. The van der Waals surface area contributed by atoms with Gasteiger partial charge in [0.25, 0.3) is 0 Å². The van der Waals surface area contributed by atoms with Gasteiger partial charge in [0.1, 0.15) is 16.2 Å². The number of aryl methyl sites for hydroxylation is 1. The molecule has 0 fully saturated rings. The molecule has 0 heterocycles. The van der Waals surface area contributed by atoms with E-state index in [1.54, 1.807) is 32.9 Å². The van der Waals surface area contributed by atoms with Gasteiger partial charge in [-0.1, -0.05) is 29.8 Å². The molecule has 0 bridgehead atoms. The molecule has 0 radical (unpaired) electrons. The third-order valence-electron chi connectivity index (χ3n) is 3.36. The van der Waals surface area contributed by atoms with Crippen molar-refractivity contribution in [1.82, 2.24) is 5.32 Å². The molecule has 7 nitrogen and oxygen atoms in total. The molecule has 0 aliphatic heterocycles. The summed E-state index contributed by atoms with van der Waals surface area (Å²) in [7, 11) is -3.95. The molecule has 0 spiro atoms. The highest BCUT2D eigenvalue weighted by molar-refractivity contribution is 7.87. The van der Waals surface area contributed by atoms with Gasteiger partial charge in [0, 0.05) is 5.56 Å². The number of aliphatic hydroxyl groups is 1. The number of amides is 1. The van der Waals surface area contributed by atoms with Crippen LogP contribution in [0.3, 0.4) is 0 Å². The second-order valence-corrected chi connectivity index (χ2v) is 8.51. The van der Waals surface area contributed by atoms with Gasteiger partial charge in [0.15, 0.2) is 6.23 Å². The minimum atomic E-state index is -3.95. The molecule has 2 rings (SSSR count). The van der Waals surface area contributed by atoms with Crippen LogP contribution in [-0.2, 0) is 14.9 Å². The van der Waals surface area contributed by atoms with E-state index >= 15 is 0 Å². The molecular formula is C19H23NO6S. The summed E-state index contributed by atoms with van der Waals surface area (Å²) in [6.45, 7) is 6.98. The van der Waals surface area contributed by atoms with Gasteiger partial charge in [-0.2, -0.15) is 8.42 Å². The molecule has 0 saturated carbocycles. The number of benzene rings is 2. The fourth-order valence-electron chi connectivity index (χ4n) is 2.09. The molecule has 1 unspecified atom stereocenters. The molecule has 1 amide bonds. The van der Waals surface area contributed by atoms with Gasteiger partial charge in [-0.15, -0.1) is 0 Å². The van der Waals surface area contributed by atoms with Crippen LogP contribution in [0.25, 0.3) is 0 Å². The number of ether oxygens (including phenoxy) is 1. The van der Waals surface area contributed by atoms with Crippen molar-refractivity contribution >= 4 is 16.2 Å². The normalized spacial score (nSPS) is 12.9. The van der Waals surface area contributed by atoms with Crippen molar-refractivity contribution < 1.29 is 27.2 Å². The highest BCUT2D eigenvalue weighted by Crippen LogP contribution is 2.21. The van der Waals surface area contributed by atoms with Crippen LogP contribution in [0.15, 0.2) is 53.4 Å². The largest absolute Gasteiger partial charge is 0.444 e. The SMILES string of the molecule is Cc1ccc(S(=O)(=O)Oc2ccc(C(O)NC(=O)OC(C)(C)C)cc2)cc1. The van der Waals surface area contributed by atoms with Crippen molar-refractivity contribution in [3.63, 3.8) is 0 Å². The van der Waals surface area contributed by atoms with E-state index in [2.05, 4.69) is 5.32 Å². The molecule has 1 atom stereocenters. The van der Waals surface area contributed by atoms with Gasteiger partial charge in [0.2, 0.25) is 0 Å². The Bertz CT molecular complexity index is 883. The number of nitrogens with one attached hydrogen (secondary N) is 1. The van der Waals surface area contributed by atoms with E-state index < -0.39 is 28.0 Å². The molecule has 27 heavy (non-hydrogen) atoms. The zero-order chi connectivity index (χ0) is 20.2. The standard InChI is InChI=1S/C19H23NO6S/c1-13-5-11-16(12-6-13)27(23,24)26-15-9-7-14(8-10-15)17(21)20-18(22)25-19(2,3)4/h5-12,17,21H,1-4H3,(H,20,22). The average Bonchev–Trinajstić information content (AvgIpc) is 2.53. The summed E-state index contributed by atoms with van der Waals surface area (Å²) in [4.78, 5) is 11.7. The summed E-state index contributed by atoms with van der Waals surface area (Å²) in [6.07, 6.45) is -2.07. The molecule has 2 aromatic carbocycles. The van der Waals surface area contributed by atoms with Crippen LogP contribution in [0.5, 0.6) is 5.75 Å². The Morgan fingerprint density at radius 3 is 2.11 bits per heavy atom. The first kappa shape index (κ1) is 20.7. The van der Waals surface area contributed by atoms with Crippen molar-refractivity contribution in [2.45, 2.75) is 44.4 Å². The Morgan fingerprint density at radius 2 is 1.59 bits per heavy atom.